The molecule has 4 nitrogen and oxygen atoms in total. The van der Waals surface area contributed by atoms with Crippen LogP contribution in [-0.4, -0.2) is 15.3 Å². The third-order valence-electron chi connectivity index (χ3n) is 4.74. The average molecular weight is 363 g/mol. The van der Waals surface area contributed by atoms with E-state index in [1.54, 1.807) is 24.5 Å². The summed E-state index contributed by atoms with van der Waals surface area (Å²) in [7, 11) is 1.94. The van der Waals surface area contributed by atoms with E-state index in [0.717, 1.165) is 22.2 Å². The van der Waals surface area contributed by atoms with E-state index in [-0.39, 0.29) is 11.4 Å². The van der Waals surface area contributed by atoms with Crippen LogP contribution in [0.1, 0.15) is 15.9 Å². The van der Waals surface area contributed by atoms with Gasteiger partial charge in [-0.2, -0.15) is 5.26 Å². The van der Waals surface area contributed by atoms with Crippen LogP contribution in [0.15, 0.2) is 84.7 Å². The number of fused-ring (bicyclic) bond motifs is 1. The van der Waals surface area contributed by atoms with Crippen LogP contribution in [-0.2, 0) is 7.05 Å². The summed E-state index contributed by atoms with van der Waals surface area (Å²) >= 11 is 0. The van der Waals surface area contributed by atoms with Crippen LogP contribution < -0.4 is 0 Å². The van der Waals surface area contributed by atoms with Crippen LogP contribution in [0.4, 0.5) is 0 Å². The molecule has 4 heteroatoms. The summed E-state index contributed by atoms with van der Waals surface area (Å²) in [6.07, 6.45) is 4.88. The molecular weight excluding hydrogens is 346 g/mol. The molecule has 4 aromatic rings. The van der Waals surface area contributed by atoms with E-state index in [4.69, 9.17) is 0 Å². The summed E-state index contributed by atoms with van der Waals surface area (Å²) < 4.78 is 2.01. The van der Waals surface area contributed by atoms with Gasteiger partial charge in [0.2, 0.25) is 5.78 Å². The molecule has 134 valence electrons. The Morgan fingerprint density at radius 3 is 2.50 bits per heavy atom. The van der Waals surface area contributed by atoms with E-state index in [0.29, 0.717) is 11.1 Å². The first-order valence-electron chi connectivity index (χ1n) is 8.90. The van der Waals surface area contributed by atoms with E-state index < -0.39 is 0 Å². The highest BCUT2D eigenvalue weighted by molar-refractivity contribution is 6.23. The molecule has 4 rings (SSSR count). The lowest BCUT2D eigenvalue weighted by atomic mass is 9.96. The van der Waals surface area contributed by atoms with Crippen molar-refractivity contribution in [2.75, 3.05) is 0 Å². The molecule has 0 saturated carbocycles. The van der Waals surface area contributed by atoms with Crippen molar-refractivity contribution in [1.29, 1.82) is 5.26 Å². The minimum Gasteiger partial charge on any atom is -0.343 e. The number of para-hydroxylation sites is 1. The molecule has 0 fully saturated rings. The molecule has 0 aliphatic carbocycles. The number of hydrogen-bond donors (Lipinski definition) is 0. The lowest BCUT2D eigenvalue weighted by Gasteiger charge is -2.08. The number of pyridine rings is 1. The van der Waals surface area contributed by atoms with Crippen LogP contribution in [0.2, 0.25) is 0 Å². The highest BCUT2D eigenvalue weighted by atomic mass is 16.1. The average Bonchev–Trinajstić information content (AvgIpc) is 3.05. The predicted molar refractivity (Wildman–Crippen MR) is 111 cm³/mol. The number of rotatable bonds is 4. The van der Waals surface area contributed by atoms with Gasteiger partial charge >= 0.3 is 0 Å². The number of carbonyl (C=O) groups excluding carboxylic acids is 1. The van der Waals surface area contributed by atoms with Crippen LogP contribution in [0.5, 0.6) is 0 Å². The van der Waals surface area contributed by atoms with Crippen molar-refractivity contribution < 1.29 is 4.79 Å². The Balaban J connectivity index is 1.96. The van der Waals surface area contributed by atoms with Gasteiger partial charge in [-0.25, -0.2) is 0 Å². The first-order valence-corrected chi connectivity index (χ1v) is 8.90. The SMILES string of the molecule is Cn1c(-c2ccccc2)c(C(=O)/C(C#N)=C/c2cccnc2)c2ccccc21. The number of carbonyl (C=O) groups is 1. The minimum atomic E-state index is -0.290. The van der Waals surface area contributed by atoms with Crippen molar-refractivity contribution in [1.82, 2.24) is 9.55 Å². The Hall–Kier alpha value is -3.97. The number of allylic oxidation sites excluding steroid dienone is 1. The molecule has 0 saturated heterocycles. The fourth-order valence-corrected chi connectivity index (χ4v) is 3.47. The summed E-state index contributed by atoms with van der Waals surface area (Å²) in [4.78, 5) is 17.5. The zero-order valence-corrected chi connectivity index (χ0v) is 15.3. The van der Waals surface area contributed by atoms with Gasteiger partial charge in [0.1, 0.15) is 11.6 Å². The summed E-state index contributed by atoms with van der Waals surface area (Å²) in [5, 5.41) is 10.5. The number of nitrogens with zero attached hydrogens (tertiary/aromatic N) is 3. The largest absolute Gasteiger partial charge is 0.343 e. The Bertz CT molecular complexity index is 1230. The van der Waals surface area contributed by atoms with Gasteiger partial charge in [-0.05, 0) is 29.3 Å². The summed E-state index contributed by atoms with van der Waals surface area (Å²) in [6, 6.07) is 23.2. The van der Waals surface area contributed by atoms with Crippen LogP contribution in [0, 0.1) is 11.3 Å². The molecule has 0 amide bonds. The third-order valence-corrected chi connectivity index (χ3v) is 4.74. The standard InChI is InChI=1S/C24H17N3O/c1-27-21-12-6-5-11-20(21)22(23(27)18-9-3-2-4-10-18)24(28)19(15-25)14-17-8-7-13-26-16-17/h2-14,16H,1H3/b19-14+. The van der Waals surface area contributed by atoms with Gasteiger partial charge in [0, 0.05) is 30.3 Å². The van der Waals surface area contributed by atoms with E-state index in [9.17, 15) is 10.1 Å². The zero-order chi connectivity index (χ0) is 19.5. The molecule has 0 radical (unpaired) electrons. The summed E-state index contributed by atoms with van der Waals surface area (Å²) in [5.74, 6) is -0.290. The molecule has 0 aliphatic heterocycles. The number of ketones is 1. The van der Waals surface area contributed by atoms with Crippen molar-refractivity contribution in [3.05, 3.63) is 95.8 Å². The number of hydrogen-bond acceptors (Lipinski definition) is 3. The van der Waals surface area contributed by atoms with Gasteiger partial charge in [-0.15, -0.1) is 0 Å². The van der Waals surface area contributed by atoms with Crippen LogP contribution in [0.25, 0.3) is 28.2 Å². The second-order valence-corrected chi connectivity index (χ2v) is 6.45. The van der Waals surface area contributed by atoms with Gasteiger partial charge in [-0.3, -0.25) is 9.78 Å². The molecular formula is C24H17N3O. The monoisotopic (exact) mass is 363 g/mol. The quantitative estimate of drug-likeness (QED) is 0.290. The van der Waals surface area contributed by atoms with Gasteiger partial charge < -0.3 is 4.57 Å². The van der Waals surface area contributed by atoms with E-state index in [2.05, 4.69) is 11.1 Å². The third kappa shape index (κ3) is 3.00. The maximum absolute atomic E-state index is 13.5. The van der Waals surface area contributed by atoms with Gasteiger partial charge in [0.15, 0.2) is 0 Å². The Morgan fingerprint density at radius 1 is 1.04 bits per heavy atom. The normalized spacial score (nSPS) is 11.4. The highest BCUT2D eigenvalue weighted by Crippen LogP contribution is 2.34. The summed E-state index contributed by atoms with van der Waals surface area (Å²) in [5.41, 5.74) is 4.03. The Labute approximate surface area is 163 Å². The van der Waals surface area contributed by atoms with E-state index in [1.165, 1.54) is 0 Å². The molecule has 0 N–H and O–H groups in total. The first-order chi connectivity index (χ1) is 13.7. The molecule has 0 unspecified atom stereocenters. The predicted octanol–water partition coefficient (Wildman–Crippen LogP) is 5.03. The second-order valence-electron chi connectivity index (χ2n) is 6.45. The van der Waals surface area contributed by atoms with Gasteiger partial charge in [-0.1, -0.05) is 54.6 Å². The second kappa shape index (κ2) is 7.34. The number of aromatic nitrogens is 2. The van der Waals surface area contributed by atoms with E-state index >= 15 is 0 Å². The lowest BCUT2D eigenvalue weighted by molar-refractivity contribution is 0.104. The van der Waals surface area contributed by atoms with Crippen molar-refractivity contribution in [2.45, 2.75) is 0 Å². The van der Waals surface area contributed by atoms with Crippen LogP contribution >= 0.6 is 0 Å². The molecule has 0 atom stereocenters. The Kier molecular flexibility index (Phi) is 4.57. The molecule has 2 aromatic carbocycles. The molecule has 2 aromatic heterocycles. The number of nitriles is 1. The fourth-order valence-electron chi connectivity index (χ4n) is 3.47. The van der Waals surface area contributed by atoms with Crippen molar-refractivity contribution in [3.8, 4) is 17.3 Å². The van der Waals surface area contributed by atoms with Crippen molar-refractivity contribution in [2.24, 2.45) is 7.05 Å². The number of benzene rings is 2. The van der Waals surface area contributed by atoms with Crippen molar-refractivity contribution >= 4 is 22.8 Å². The van der Waals surface area contributed by atoms with Crippen LogP contribution in [0.3, 0.4) is 0 Å². The maximum Gasteiger partial charge on any atom is 0.206 e. The number of aryl methyl sites for hydroxylation is 1. The first kappa shape index (κ1) is 17.4. The molecule has 0 bridgehead atoms. The van der Waals surface area contributed by atoms with E-state index in [1.807, 2.05) is 72.3 Å². The minimum absolute atomic E-state index is 0.0848. The zero-order valence-electron chi connectivity index (χ0n) is 15.3. The Morgan fingerprint density at radius 2 is 1.79 bits per heavy atom. The molecule has 0 aliphatic rings. The molecule has 28 heavy (non-hydrogen) atoms. The van der Waals surface area contributed by atoms with Gasteiger partial charge in [0.05, 0.1) is 11.3 Å². The van der Waals surface area contributed by atoms with Gasteiger partial charge in [0.25, 0.3) is 0 Å². The maximum atomic E-state index is 13.5. The molecule has 0 spiro atoms. The lowest BCUT2D eigenvalue weighted by Crippen LogP contribution is -2.05. The number of Topliss-reactive ketones (excluding diaryl/α,β-unsaturated/α-hetero) is 1. The fraction of sp³-hybridized carbons (Fsp3) is 0.0417. The highest BCUT2D eigenvalue weighted by Gasteiger charge is 2.24. The summed E-state index contributed by atoms with van der Waals surface area (Å²) in [6.45, 7) is 0. The smallest absolute Gasteiger partial charge is 0.206 e. The van der Waals surface area contributed by atoms with Crippen molar-refractivity contribution in [3.63, 3.8) is 0 Å². The topological polar surface area (TPSA) is 58.7 Å². The molecule has 2 heterocycles.